The van der Waals surface area contributed by atoms with Crippen LogP contribution in [0.1, 0.15) is 32.1 Å². The van der Waals surface area contributed by atoms with E-state index in [1.165, 1.54) is 31.8 Å². The second-order valence-electron chi connectivity index (χ2n) is 4.23. The maximum atomic E-state index is 11.3. The third-order valence-electron chi connectivity index (χ3n) is 3.06. The molecule has 1 aliphatic rings. The normalized spacial score (nSPS) is 19.3. The predicted octanol–water partition coefficient (Wildman–Crippen LogP) is 2.07. The summed E-state index contributed by atoms with van der Waals surface area (Å²) >= 11 is 0. The molecule has 3 nitrogen and oxygen atoms in total. The first-order valence-electron chi connectivity index (χ1n) is 5.45. The Morgan fingerprint density at radius 1 is 1.27 bits per heavy atom. The Kier molecular flexibility index (Phi) is 4.69. The maximum Gasteiger partial charge on any atom is 0.220 e. The van der Waals surface area contributed by atoms with E-state index in [-0.39, 0.29) is 5.41 Å². The van der Waals surface area contributed by atoms with Gasteiger partial charge in [-0.25, -0.2) is 0 Å². The highest BCUT2D eigenvalue weighted by molar-refractivity contribution is 4.84. The van der Waals surface area contributed by atoms with E-state index in [9.17, 15) is 5.26 Å². The van der Waals surface area contributed by atoms with Crippen molar-refractivity contribution in [3.63, 3.8) is 0 Å². The molecule has 0 heterocycles. The molecule has 0 spiro atoms. The highest BCUT2D eigenvalue weighted by Crippen LogP contribution is 2.37. The summed E-state index contributed by atoms with van der Waals surface area (Å²) in [6, 6.07) is 0. The van der Waals surface area contributed by atoms with E-state index in [4.69, 9.17) is 4.74 Å². The van der Waals surface area contributed by atoms with E-state index < -0.39 is 0 Å². The van der Waals surface area contributed by atoms with Crippen LogP contribution in [0.5, 0.6) is 0 Å². The summed E-state index contributed by atoms with van der Waals surface area (Å²) in [6.07, 6.45) is 8.39. The Morgan fingerprint density at radius 3 is 2.47 bits per heavy atom. The minimum atomic E-state index is -0.0347. The van der Waals surface area contributed by atoms with Crippen LogP contribution >= 0.6 is 0 Å². The lowest BCUT2D eigenvalue weighted by Gasteiger charge is -2.38. The van der Waals surface area contributed by atoms with Gasteiger partial charge in [0.15, 0.2) is 6.61 Å². The van der Waals surface area contributed by atoms with Crippen molar-refractivity contribution in [2.24, 2.45) is 5.41 Å². The number of ether oxygens (including phenoxy) is 1. The van der Waals surface area contributed by atoms with Gasteiger partial charge in [0.05, 0.1) is 11.7 Å². The summed E-state index contributed by atoms with van der Waals surface area (Å²) in [5.41, 5.74) is -0.0347. The molecule has 0 radical (unpaired) electrons. The van der Waals surface area contributed by atoms with Gasteiger partial charge in [-0.2, -0.15) is 0 Å². The van der Waals surface area contributed by atoms with E-state index in [1.54, 1.807) is 4.52 Å². The molecular formula is C12H20O3. The third kappa shape index (κ3) is 3.59. The second kappa shape index (κ2) is 5.81. The quantitative estimate of drug-likeness (QED) is 0.292. The first-order valence-corrected chi connectivity index (χ1v) is 5.45. The molecular weight excluding hydrogens is 192 g/mol. The van der Waals surface area contributed by atoms with E-state index >= 15 is 0 Å². The summed E-state index contributed by atoms with van der Waals surface area (Å²) in [6.45, 7) is 7.97. The minimum Gasteiger partial charge on any atom is -0.570 e. The van der Waals surface area contributed by atoms with Crippen molar-refractivity contribution in [2.75, 3.05) is 13.2 Å². The summed E-state index contributed by atoms with van der Waals surface area (Å²) in [4.78, 5) is 0. The Hall–Kier alpha value is -0.960. The van der Waals surface area contributed by atoms with E-state index in [0.717, 1.165) is 12.8 Å². The smallest absolute Gasteiger partial charge is 0.220 e. The highest BCUT2D eigenvalue weighted by atomic mass is 17.2. The van der Waals surface area contributed by atoms with Gasteiger partial charge < -0.3 is 14.5 Å². The molecule has 0 unspecified atom stereocenters. The molecule has 0 saturated heterocycles. The molecule has 1 rings (SSSR count). The van der Waals surface area contributed by atoms with Gasteiger partial charge in [-0.05, 0) is 19.4 Å². The molecule has 0 aromatic heterocycles. The monoisotopic (exact) mass is 212 g/mol. The third-order valence-corrected chi connectivity index (χ3v) is 3.06. The molecule has 1 aliphatic carbocycles. The van der Waals surface area contributed by atoms with Crippen molar-refractivity contribution in [2.45, 2.75) is 32.1 Å². The fourth-order valence-corrected chi connectivity index (χ4v) is 2.23. The number of rotatable bonds is 6. The minimum absolute atomic E-state index is 0.0347. The Balaban J connectivity index is 2.56. The van der Waals surface area contributed by atoms with E-state index in [0.29, 0.717) is 13.2 Å². The summed E-state index contributed by atoms with van der Waals surface area (Å²) < 4.78 is 6.97. The lowest BCUT2D eigenvalue weighted by molar-refractivity contribution is -0.773. The predicted molar refractivity (Wildman–Crippen MR) is 57.8 cm³/mol. The average Bonchev–Trinajstić information content (AvgIpc) is 2.27. The number of hydrogen-bond donors (Lipinski definition) is 0. The van der Waals surface area contributed by atoms with Gasteiger partial charge in [-0.1, -0.05) is 25.8 Å². The van der Waals surface area contributed by atoms with Crippen molar-refractivity contribution in [3.8, 4) is 0 Å². The molecule has 0 N–H and O–H groups in total. The largest absolute Gasteiger partial charge is 0.570 e. The van der Waals surface area contributed by atoms with E-state index in [1.807, 2.05) is 0 Å². The molecule has 0 aliphatic heterocycles. The van der Waals surface area contributed by atoms with Crippen LogP contribution in [-0.2, 0) is 9.25 Å². The lowest BCUT2D eigenvalue weighted by Crippen LogP contribution is -2.40. The summed E-state index contributed by atoms with van der Waals surface area (Å²) in [5.74, 6) is 0. The molecule has 0 atom stereocenters. The van der Waals surface area contributed by atoms with Crippen LogP contribution < -0.4 is 5.26 Å². The fraction of sp³-hybridized carbons (Fsp3) is 0.667. The first kappa shape index (κ1) is 12.1. The standard InChI is InChI=1S/C12H20O3/c1-3-14-10-12(11-15(13)4-2)8-6-5-7-9-12/h3-4H,1-2,5-11H2. The Morgan fingerprint density at radius 2 is 1.93 bits per heavy atom. The average molecular weight is 212 g/mol. The van der Waals surface area contributed by atoms with Crippen LogP contribution in [0.25, 0.3) is 0 Å². The van der Waals surface area contributed by atoms with Gasteiger partial charge in [0.2, 0.25) is 6.26 Å². The van der Waals surface area contributed by atoms with Crippen LogP contribution in [-0.4, -0.2) is 13.2 Å². The van der Waals surface area contributed by atoms with Gasteiger partial charge in [-0.3, -0.25) is 0 Å². The van der Waals surface area contributed by atoms with Crippen molar-refractivity contribution >= 4 is 0 Å². The molecule has 86 valence electrons. The zero-order valence-electron chi connectivity index (χ0n) is 9.24. The second-order valence-corrected chi connectivity index (χ2v) is 4.23. The molecule has 0 aromatic rings. The molecule has 15 heavy (non-hydrogen) atoms. The van der Waals surface area contributed by atoms with Crippen molar-refractivity contribution < 1.29 is 14.5 Å². The van der Waals surface area contributed by atoms with Crippen LogP contribution in [0.15, 0.2) is 25.7 Å². The van der Waals surface area contributed by atoms with Gasteiger partial charge in [0.1, 0.15) is 6.61 Å². The van der Waals surface area contributed by atoms with Gasteiger partial charge >= 0.3 is 0 Å². The fourth-order valence-electron chi connectivity index (χ4n) is 2.23. The summed E-state index contributed by atoms with van der Waals surface area (Å²) in [5, 5.41) is 11.3. The molecule has 0 amide bonds. The summed E-state index contributed by atoms with van der Waals surface area (Å²) in [7, 11) is 0. The lowest BCUT2D eigenvalue weighted by atomic mass is 9.75. The van der Waals surface area contributed by atoms with Gasteiger partial charge in [0.25, 0.3) is 0 Å². The van der Waals surface area contributed by atoms with Crippen LogP contribution in [0.2, 0.25) is 0 Å². The molecule has 1 fully saturated rings. The molecule has 3 heteroatoms. The first-order chi connectivity index (χ1) is 7.22. The SMILES string of the molecule is C=COCC1(C[O+]([O-])C=C)CCCCC1. The highest BCUT2D eigenvalue weighted by Gasteiger charge is 2.36. The zero-order valence-corrected chi connectivity index (χ0v) is 9.24. The van der Waals surface area contributed by atoms with E-state index in [2.05, 4.69) is 13.2 Å². The van der Waals surface area contributed by atoms with Crippen LogP contribution in [0, 0.1) is 5.41 Å². The molecule has 1 saturated carbocycles. The Labute approximate surface area is 91.6 Å². The van der Waals surface area contributed by atoms with Crippen molar-refractivity contribution in [3.05, 3.63) is 25.7 Å². The Bertz CT molecular complexity index is 207. The van der Waals surface area contributed by atoms with Crippen molar-refractivity contribution in [1.82, 2.24) is 0 Å². The van der Waals surface area contributed by atoms with Gasteiger partial charge in [-0.15, -0.1) is 0 Å². The maximum absolute atomic E-state index is 11.3. The topological polar surface area (TPSA) is 35.0 Å². The van der Waals surface area contributed by atoms with Crippen LogP contribution in [0.4, 0.5) is 0 Å². The molecule has 0 aromatic carbocycles. The zero-order chi connectivity index (χ0) is 11.1. The van der Waals surface area contributed by atoms with Crippen molar-refractivity contribution in [1.29, 1.82) is 0 Å². The van der Waals surface area contributed by atoms with Crippen LogP contribution in [0.3, 0.4) is 0 Å². The molecule has 0 bridgehead atoms. The van der Waals surface area contributed by atoms with Gasteiger partial charge in [0, 0.05) is 0 Å². The number of hydrogen-bond acceptors (Lipinski definition) is 2.